The Morgan fingerprint density at radius 2 is 2.00 bits per heavy atom. The molecule has 0 spiro atoms. The van der Waals surface area contributed by atoms with Crippen molar-refractivity contribution in [2.75, 3.05) is 6.61 Å². The maximum atomic E-state index is 5.62. The van der Waals surface area contributed by atoms with Crippen LogP contribution in [0.15, 0.2) is 0 Å². The van der Waals surface area contributed by atoms with Crippen molar-refractivity contribution in [3.8, 4) is 0 Å². The first-order chi connectivity index (χ1) is 5.70. The van der Waals surface area contributed by atoms with Gasteiger partial charge in [-0.25, -0.2) is 0 Å². The van der Waals surface area contributed by atoms with Crippen molar-refractivity contribution in [3.63, 3.8) is 0 Å². The van der Waals surface area contributed by atoms with Gasteiger partial charge in [-0.1, -0.05) is 28.8 Å². The second-order valence-corrected chi connectivity index (χ2v) is 5.12. The maximum absolute atomic E-state index is 5.62. The van der Waals surface area contributed by atoms with Gasteiger partial charge in [-0.2, -0.15) is 0 Å². The van der Waals surface area contributed by atoms with Crippen LogP contribution in [0.3, 0.4) is 0 Å². The molecule has 2 atom stereocenters. The molecule has 1 aliphatic carbocycles. The Morgan fingerprint density at radius 1 is 1.33 bits per heavy atom. The SMILES string of the molecule is CC(C)OC[C@@H]1CCCC[C@H]1Br. The van der Waals surface area contributed by atoms with Crippen LogP contribution in [-0.2, 0) is 4.74 Å². The Labute approximate surface area is 84.0 Å². The fourth-order valence-corrected chi connectivity index (χ4v) is 2.41. The minimum Gasteiger partial charge on any atom is -0.378 e. The van der Waals surface area contributed by atoms with E-state index in [2.05, 4.69) is 29.8 Å². The van der Waals surface area contributed by atoms with Gasteiger partial charge in [0.15, 0.2) is 0 Å². The monoisotopic (exact) mass is 234 g/mol. The van der Waals surface area contributed by atoms with Crippen LogP contribution in [0.4, 0.5) is 0 Å². The Bertz CT molecular complexity index is 125. The number of hydrogen-bond acceptors (Lipinski definition) is 1. The number of rotatable bonds is 3. The van der Waals surface area contributed by atoms with Crippen molar-refractivity contribution in [1.82, 2.24) is 0 Å². The summed E-state index contributed by atoms with van der Waals surface area (Å²) in [6.45, 7) is 5.14. The van der Waals surface area contributed by atoms with E-state index in [1.165, 1.54) is 25.7 Å². The molecule has 2 heteroatoms. The Hall–Kier alpha value is 0.440. The van der Waals surface area contributed by atoms with E-state index in [-0.39, 0.29) is 0 Å². The third-order valence-electron chi connectivity index (χ3n) is 2.46. The average molecular weight is 235 g/mol. The van der Waals surface area contributed by atoms with Gasteiger partial charge in [0.2, 0.25) is 0 Å². The largest absolute Gasteiger partial charge is 0.378 e. The number of hydrogen-bond donors (Lipinski definition) is 0. The van der Waals surface area contributed by atoms with Crippen LogP contribution >= 0.6 is 15.9 Å². The lowest BCUT2D eigenvalue weighted by atomic mass is 9.90. The topological polar surface area (TPSA) is 9.23 Å². The summed E-state index contributed by atoms with van der Waals surface area (Å²) >= 11 is 3.72. The molecule has 12 heavy (non-hydrogen) atoms. The molecule has 0 aromatic rings. The molecular weight excluding hydrogens is 216 g/mol. The molecule has 0 aliphatic heterocycles. The van der Waals surface area contributed by atoms with Crippen molar-refractivity contribution in [1.29, 1.82) is 0 Å². The molecule has 1 rings (SSSR count). The van der Waals surface area contributed by atoms with E-state index in [1.807, 2.05) is 0 Å². The van der Waals surface area contributed by atoms with Gasteiger partial charge >= 0.3 is 0 Å². The van der Waals surface area contributed by atoms with Crippen molar-refractivity contribution in [2.45, 2.75) is 50.5 Å². The van der Waals surface area contributed by atoms with Crippen molar-refractivity contribution in [3.05, 3.63) is 0 Å². The molecule has 0 aromatic carbocycles. The number of halogens is 1. The van der Waals surface area contributed by atoms with E-state index in [1.54, 1.807) is 0 Å². The van der Waals surface area contributed by atoms with Gasteiger partial charge < -0.3 is 4.74 Å². The minimum atomic E-state index is 0.381. The summed E-state index contributed by atoms with van der Waals surface area (Å²) in [6.07, 6.45) is 5.81. The minimum absolute atomic E-state index is 0.381. The Kier molecular flexibility index (Phi) is 4.59. The summed E-state index contributed by atoms with van der Waals surface area (Å²) in [5.74, 6) is 0.751. The highest BCUT2D eigenvalue weighted by Gasteiger charge is 2.22. The first-order valence-electron chi connectivity index (χ1n) is 4.96. The standard InChI is InChI=1S/C10H19BrO/c1-8(2)12-7-9-5-3-4-6-10(9)11/h8-10H,3-7H2,1-2H3/t9-,10+/m0/s1. The van der Waals surface area contributed by atoms with Gasteiger partial charge in [0.1, 0.15) is 0 Å². The quantitative estimate of drug-likeness (QED) is 0.681. The first kappa shape index (κ1) is 10.5. The molecular formula is C10H19BrO. The van der Waals surface area contributed by atoms with Crippen molar-refractivity contribution < 1.29 is 4.74 Å². The summed E-state index contributed by atoms with van der Waals surface area (Å²) in [7, 11) is 0. The summed E-state index contributed by atoms with van der Waals surface area (Å²) in [6, 6.07) is 0. The zero-order chi connectivity index (χ0) is 8.97. The van der Waals surface area contributed by atoms with E-state index in [9.17, 15) is 0 Å². The molecule has 1 aliphatic rings. The molecule has 0 unspecified atom stereocenters. The summed E-state index contributed by atoms with van der Waals surface area (Å²) in [5, 5.41) is 0. The molecule has 0 amide bonds. The Morgan fingerprint density at radius 3 is 2.58 bits per heavy atom. The smallest absolute Gasteiger partial charge is 0.0519 e. The molecule has 1 nitrogen and oxygen atoms in total. The maximum Gasteiger partial charge on any atom is 0.0519 e. The van der Waals surface area contributed by atoms with Gasteiger partial charge in [0.05, 0.1) is 12.7 Å². The summed E-state index contributed by atoms with van der Waals surface area (Å²) in [4.78, 5) is 0.699. The fourth-order valence-electron chi connectivity index (χ4n) is 1.67. The lowest BCUT2D eigenvalue weighted by Gasteiger charge is -2.27. The van der Waals surface area contributed by atoms with Crippen LogP contribution < -0.4 is 0 Å². The van der Waals surface area contributed by atoms with Gasteiger partial charge in [-0.15, -0.1) is 0 Å². The second kappa shape index (κ2) is 5.23. The third kappa shape index (κ3) is 3.44. The number of alkyl halides is 1. The molecule has 0 heterocycles. The van der Waals surface area contributed by atoms with Crippen LogP contribution in [0.1, 0.15) is 39.5 Å². The van der Waals surface area contributed by atoms with Crippen LogP contribution in [0.25, 0.3) is 0 Å². The molecule has 0 N–H and O–H groups in total. The lowest BCUT2D eigenvalue weighted by molar-refractivity contribution is 0.0438. The Balaban J connectivity index is 2.20. The predicted molar refractivity (Wildman–Crippen MR) is 55.8 cm³/mol. The zero-order valence-electron chi connectivity index (χ0n) is 8.05. The molecule has 1 saturated carbocycles. The predicted octanol–water partition coefficient (Wildman–Crippen LogP) is 3.37. The molecule has 0 saturated heterocycles. The zero-order valence-corrected chi connectivity index (χ0v) is 9.64. The van der Waals surface area contributed by atoms with Crippen molar-refractivity contribution >= 4 is 15.9 Å². The highest BCUT2D eigenvalue weighted by molar-refractivity contribution is 9.09. The number of ether oxygens (including phenoxy) is 1. The van der Waals surface area contributed by atoms with Crippen LogP contribution in [0.2, 0.25) is 0 Å². The first-order valence-corrected chi connectivity index (χ1v) is 5.87. The van der Waals surface area contributed by atoms with Crippen LogP contribution in [0.5, 0.6) is 0 Å². The van der Waals surface area contributed by atoms with Crippen LogP contribution in [-0.4, -0.2) is 17.5 Å². The molecule has 0 aromatic heterocycles. The molecule has 1 fully saturated rings. The van der Waals surface area contributed by atoms with Gasteiger partial charge in [-0.05, 0) is 32.6 Å². The highest BCUT2D eigenvalue weighted by atomic mass is 79.9. The van der Waals surface area contributed by atoms with E-state index in [0.717, 1.165) is 12.5 Å². The van der Waals surface area contributed by atoms with Gasteiger partial charge in [-0.3, -0.25) is 0 Å². The molecule has 0 radical (unpaired) electrons. The summed E-state index contributed by atoms with van der Waals surface area (Å²) < 4.78 is 5.62. The second-order valence-electron chi connectivity index (χ2n) is 3.94. The van der Waals surface area contributed by atoms with E-state index in [4.69, 9.17) is 4.74 Å². The van der Waals surface area contributed by atoms with E-state index < -0.39 is 0 Å². The lowest BCUT2D eigenvalue weighted by Crippen LogP contribution is -2.25. The molecule has 72 valence electrons. The third-order valence-corrected chi connectivity index (χ3v) is 3.67. The highest BCUT2D eigenvalue weighted by Crippen LogP contribution is 2.30. The van der Waals surface area contributed by atoms with Gasteiger partial charge in [0.25, 0.3) is 0 Å². The normalized spacial score (nSPS) is 31.0. The van der Waals surface area contributed by atoms with Gasteiger partial charge in [0, 0.05) is 4.83 Å². The fraction of sp³-hybridized carbons (Fsp3) is 1.00. The molecule has 0 bridgehead atoms. The van der Waals surface area contributed by atoms with E-state index >= 15 is 0 Å². The van der Waals surface area contributed by atoms with Crippen molar-refractivity contribution in [2.24, 2.45) is 5.92 Å². The summed E-state index contributed by atoms with van der Waals surface area (Å²) in [5.41, 5.74) is 0. The van der Waals surface area contributed by atoms with Crippen LogP contribution in [0, 0.1) is 5.92 Å². The van der Waals surface area contributed by atoms with E-state index in [0.29, 0.717) is 10.9 Å². The average Bonchev–Trinajstić information content (AvgIpc) is 2.03.